The quantitative estimate of drug-likeness (QED) is 0.411. The van der Waals surface area contributed by atoms with Crippen LogP contribution in [0.4, 0.5) is 11.4 Å². The Kier molecular flexibility index (Phi) is 6.64. The van der Waals surface area contributed by atoms with Crippen molar-refractivity contribution in [2.45, 2.75) is 19.3 Å². The van der Waals surface area contributed by atoms with E-state index in [1.807, 2.05) is 0 Å². The van der Waals surface area contributed by atoms with E-state index in [4.69, 9.17) is 9.47 Å². The van der Waals surface area contributed by atoms with E-state index >= 15 is 0 Å². The number of ether oxygens (including phenoxy) is 2. The maximum Gasteiger partial charge on any atom is 0.258 e. The molecule has 8 heteroatoms. The summed E-state index contributed by atoms with van der Waals surface area (Å²) in [6.45, 7) is 1.09. The van der Waals surface area contributed by atoms with Crippen LogP contribution in [0.2, 0.25) is 0 Å². The molecule has 0 saturated carbocycles. The first kappa shape index (κ1) is 22.0. The minimum absolute atomic E-state index is 0.346. The third-order valence-corrected chi connectivity index (χ3v) is 5.13. The lowest BCUT2D eigenvalue weighted by atomic mass is 10.2. The molecule has 0 saturated heterocycles. The number of benzene rings is 2. The van der Waals surface area contributed by atoms with Crippen LogP contribution >= 0.6 is 0 Å². The number of hydrogen-bond donors (Lipinski definition) is 0. The summed E-state index contributed by atoms with van der Waals surface area (Å²) in [7, 11) is 0. The molecule has 8 nitrogen and oxygen atoms in total. The van der Waals surface area contributed by atoms with Gasteiger partial charge in [-0.15, -0.1) is 0 Å². The first-order chi connectivity index (χ1) is 16.0. The fraction of sp³-hybridized carbons (Fsp3) is 0.200. The summed E-state index contributed by atoms with van der Waals surface area (Å²) < 4.78 is 11.4. The van der Waals surface area contributed by atoms with Crippen molar-refractivity contribution < 1.29 is 28.7 Å². The predicted octanol–water partition coefficient (Wildman–Crippen LogP) is 3.17. The molecule has 0 aliphatic carbocycles. The fourth-order valence-corrected chi connectivity index (χ4v) is 3.45. The topological polar surface area (TPSA) is 93.2 Å². The lowest BCUT2D eigenvalue weighted by Gasteiger charge is -2.14. The van der Waals surface area contributed by atoms with E-state index in [1.54, 1.807) is 48.5 Å². The molecule has 0 N–H and O–H groups in total. The molecule has 0 spiro atoms. The molecule has 0 bridgehead atoms. The molecular formula is C25H22N2O6. The molecule has 2 aliphatic heterocycles. The highest BCUT2D eigenvalue weighted by Gasteiger charge is 2.25. The molecule has 2 heterocycles. The van der Waals surface area contributed by atoms with Crippen molar-refractivity contribution in [2.75, 3.05) is 23.0 Å². The highest BCUT2D eigenvalue weighted by atomic mass is 16.5. The van der Waals surface area contributed by atoms with Gasteiger partial charge in [-0.25, -0.2) is 9.80 Å². The standard InChI is InChI=1S/C25H22N2O6/c28-22-12-13-23(29)26(22)18-4-8-20(9-5-18)32-16-2-1-3-17-33-21-10-6-19(7-11-21)27-24(30)14-15-25(27)31/h4-15H,1-3,16-17H2. The van der Waals surface area contributed by atoms with Gasteiger partial charge in [-0.2, -0.15) is 0 Å². The first-order valence-corrected chi connectivity index (χ1v) is 10.6. The van der Waals surface area contributed by atoms with Crippen molar-refractivity contribution in [1.82, 2.24) is 0 Å². The molecule has 0 radical (unpaired) electrons. The fourth-order valence-electron chi connectivity index (χ4n) is 3.45. The van der Waals surface area contributed by atoms with Crippen LogP contribution in [0.15, 0.2) is 72.8 Å². The molecule has 2 aromatic carbocycles. The molecule has 0 atom stereocenters. The molecule has 4 amide bonds. The largest absolute Gasteiger partial charge is 0.494 e. The van der Waals surface area contributed by atoms with E-state index in [2.05, 4.69) is 0 Å². The number of anilines is 2. The van der Waals surface area contributed by atoms with Gasteiger partial charge in [0.15, 0.2) is 0 Å². The van der Waals surface area contributed by atoms with E-state index in [9.17, 15) is 19.2 Å². The zero-order valence-corrected chi connectivity index (χ0v) is 17.8. The second-order valence-electron chi connectivity index (χ2n) is 7.44. The average molecular weight is 446 g/mol. The van der Waals surface area contributed by atoms with Gasteiger partial charge in [0.1, 0.15) is 11.5 Å². The molecular weight excluding hydrogens is 424 g/mol. The first-order valence-electron chi connectivity index (χ1n) is 10.6. The van der Waals surface area contributed by atoms with Gasteiger partial charge in [-0.3, -0.25) is 19.2 Å². The highest BCUT2D eigenvalue weighted by Crippen LogP contribution is 2.24. The maximum absolute atomic E-state index is 11.7. The number of unbranched alkanes of at least 4 members (excludes halogenated alkanes) is 2. The van der Waals surface area contributed by atoms with E-state index in [0.717, 1.165) is 29.1 Å². The van der Waals surface area contributed by atoms with E-state index in [-0.39, 0.29) is 23.6 Å². The van der Waals surface area contributed by atoms with Crippen LogP contribution < -0.4 is 19.3 Å². The van der Waals surface area contributed by atoms with Crippen molar-refractivity contribution in [3.05, 3.63) is 72.8 Å². The number of hydrogen-bond acceptors (Lipinski definition) is 6. The molecule has 2 aliphatic rings. The van der Waals surface area contributed by atoms with Gasteiger partial charge in [0.05, 0.1) is 24.6 Å². The third kappa shape index (κ3) is 5.17. The predicted molar refractivity (Wildman–Crippen MR) is 121 cm³/mol. The van der Waals surface area contributed by atoms with E-state index < -0.39 is 0 Å². The average Bonchev–Trinajstić information content (AvgIpc) is 3.34. The Morgan fingerprint density at radius 3 is 1.15 bits per heavy atom. The van der Waals surface area contributed by atoms with Gasteiger partial charge in [0.2, 0.25) is 0 Å². The van der Waals surface area contributed by atoms with E-state index in [0.29, 0.717) is 36.1 Å². The van der Waals surface area contributed by atoms with Crippen LogP contribution in [-0.2, 0) is 19.2 Å². The zero-order chi connectivity index (χ0) is 23.2. The highest BCUT2D eigenvalue weighted by molar-refractivity contribution is 6.28. The maximum atomic E-state index is 11.7. The molecule has 2 aromatic rings. The van der Waals surface area contributed by atoms with Crippen LogP contribution in [0, 0.1) is 0 Å². The molecule has 4 rings (SSSR count). The van der Waals surface area contributed by atoms with Gasteiger partial charge in [-0.1, -0.05) is 0 Å². The Bertz CT molecular complexity index is 993. The van der Waals surface area contributed by atoms with Crippen molar-refractivity contribution in [3.63, 3.8) is 0 Å². The number of carbonyl (C=O) groups is 4. The molecule has 0 fully saturated rings. The Morgan fingerprint density at radius 2 is 0.818 bits per heavy atom. The summed E-state index contributed by atoms with van der Waals surface area (Å²) in [6.07, 6.45) is 7.63. The summed E-state index contributed by atoms with van der Waals surface area (Å²) in [4.78, 5) is 49.0. The second-order valence-corrected chi connectivity index (χ2v) is 7.44. The molecule has 0 unspecified atom stereocenters. The van der Waals surface area contributed by atoms with Crippen LogP contribution in [-0.4, -0.2) is 36.8 Å². The molecule has 0 aromatic heterocycles. The minimum atomic E-state index is -0.346. The van der Waals surface area contributed by atoms with Crippen LogP contribution in [0.1, 0.15) is 19.3 Å². The number of carbonyl (C=O) groups excluding carboxylic acids is 4. The third-order valence-electron chi connectivity index (χ3n) is 5.13. The minimum Gasteiger partial charge on any atom is -0.494 e. The SMILES string of the molecule is O=C1C=CC(=O)N1c1ccc(OCCCCCOc2ccc(N3C(=O)C=CC3=O)cc2)cc1. The van der Waals surface area contributed by atoms with Crippen molar-refractivity contribution >= 4 is 35.0 Å². The number of rotatable bonds is 10. The van der Waals surface area contributed by atoms with Gasteiger partial charge in [0.25, 0.3) is 23.6 Å². The Hall–Kier alpha value is -4.20. The van der Waals surface area contributed by atoms with Crippen molar-refractivity contribution in [1.29, 1.82) is 0 Å². The smallest absolute Gasteiger partial charge is 0.258 e. The van der Waals surface area contributed by atoms with Crippen LogP contribution in [0.3, 0.4) is 0 Å². The number of imide groups is 2. The zero-order valence-electron chi connectivity index (χ0n) is 17.8. The lowest BCUT2D eigenvalue weighted by molar-refractivity contribution is -0.121. The van der Waals surface area contributed by atoms with E-state index in [1.165, 1.54) is 24.3 Å². The molecule has 33 heavy (non-hydrogen) atoms. The normalized spacial score (nSPS) is 15.2. The second kappa shape index (κ2) is 9.95. The summed E-state index contributed by atoms with van der Waals surface area (Å²) in [5.41, 5.74) is 1.03. The summed E-state index contributed by atoms with van der Waals surface area (Å²) in [6, 6.07) is 13.7. The van der Waals surface area contributed by atoms with Crippen LogP contribution in [0.5, 0.6) is 11.5 Å². The summed E-state index contributed by atoms with van der Waals surface area (Å²) in [5, 5.41) is 0. The monoisotopic (exact) mass is 446 g/mol. The van der Waals surface area contributed by atoms with Gasteiger partial charge >= 0.3 is 0 Å². The van der Waals surface area contributed by atoms with Gasteiger partial charge in [-0.05, 0) is 67.8 Å². The van der Waals surface area contributed by atoms with Crippen molar-refractivity contribution in [3.8, 4) is 11.5 Å². The van der Waals surface area contributed by atoms with Gasteiger partial charge in [0, 0.05) is 24.3 Å². The number of nitrogens with zero attached hydrogens (tertiary/aromatic N) is 2. The lowest BCUT2D eigenvalue weighted by Crippen LogP contribution is -2.29. The Balaban J connectivity index is 1.12. The molecule has 168 valence electrons. The Labute approximate surface area is 190 Å². The van der Waals surface area contributed by atoms with Crippen LogP contribution in [0.25, 0.3) is 0 Å². The summed E-state index contributed by atoms with van der Waals surface area (Å²) >= 11 is 0. The Morgan fingerprint density at radius 1 is 0.485 bits per heavy atom. The number of amides is 4. The summed E-state index contributed by atoms with van der Waals surface area (Å²) in [5.74, 6) is -0.0386. The van der Waals surface area contributed by atoms with Crippen molar-refractivity contribution in [2.24, 2.45) is 0 Å². The van der Waals surface area contributed by atoms with Gasteiger partial charge < -0.3 is 9.47 Å².